The fraction of sp³-hybridized carbons (Fsp3) is 0.875. The summed E-state index contributed by atoms with van der Waals surface area (Å²) in [6.45, 7) is 0. The SMILES string of the molecule is N#C[C@@H]1C[C@H](O)C[C@H](C(F)(F)F)C1. The molecule has 0 amide bonds. The Kier molecular flexibility index (Phi) is 2.81. The summed E-state index contributed by atoms with van der Waals surface area (Å²) < 4.78 is 36.6. The zero-order chi connectivity index (χ0) is 10.1. The van der Waals surface area contributed by atoms with Gasteiger partial charge in [0.25, 0.3) is 0 Å². The lowest BCUT2D eigenvalue weighted by atomic mass is 9.80. The van der Waals surface area contributed by atoms with Gasteiger partial charge in [-0.15, -0.1) is 0 Å². The van der Waals surface area contributed by atoms with E-state index in [1.54, 1.807) is 6.07 Å². The molecule has 13 heavy (non-hydrogen) atoms. The molecule has 5 heteroatoms. The van der Waals surface area contributed by atoms with Crippen molar-refractivity contribution in [1.29, 1.82) is 5.26 Å². The number of nitriles is 1. The van der Waals surface area contributed by atoms with E-state index < -0.39 is 24.1 Å². The number of halogens is 3. The van der Waals surface area contributed by atoms with Gasteiger partial charge in [0, 0.05) is 5.92 Å². The van der Waals surface area contributed by atoms with E-state index in [0.717, 1.165) is 0 Å². The Morgan fingerprint density at radius 3 is 2.31 bits per heavy atom. The summed E-state index contributed by atoms with van der Waals surface area (Å²) in [4.78, 5) is 0. The maximum atomic E-state index is 12.2. The second kappa shape index (κ2) is 3.54. The highest BCUT2D eigenvalue weighted by Gasteiger charge is 2.44. The fourth-order valence-electron chi connectivity index (χ4n) is 1.66. The number of alkyl halides is 3. The third-order valence-corrected chi connectivity index (χ3v) is 2.33. The lowest BCUT2D eigenvalue weighted by Crippen LogP contribution is -2.34. The summed E-state index contributed by atoms with van der Waals surface area (Å²) in [5.41, 5.74) is 0. The van der Waals surface area contributed by atoms with E-state index in [0.29, 0.717) is 0 Å². The van der Waals surface area contributed by atoms with E-state index in [-0.39, 0.29) is 19.3 Å². The van der Waals surface area contributed by atoms with Gasteiger partial charge in [0.15, 0.2) is 0 Å². The number of hydrogen-bond acceptors (Lipinski definition) is 2. The third-order valence-electron chi connectivity index (χ3n) is 2.33. The first kappa shape index (κ1) is 10.3. The van der Waals surface area contributed by atoms with Crippen molar-refractivity contribution in [3.05, 3.63) is 0 Å². The first-order valence-electron chi connectivity index (χ1n) is 4.08. The summed E-state index contributed by atoms with van der Waals surface area (Å²) >= 11 is 0. The van der Waals surface area contributed by atoms with Crippen LogP contribution in [-0.2, 0) is 0 Å². The molecule has 0 saturated heterocycles. The molecule has 0 unspecified atom stereocenters. The molecule has 0 aromatic heterocycles. The molecule has 0 spiro atoms. The zero-order valence-corrected chi connectivity index (χ0v) is 6.88. The van der Waals surface area contributed by atoms with Crippen LogP contribution in [0.2, 0.25) is 0 Å². The molecule has 0 bridgehead atoms. The molecule has 0 aromatic carbocycles. The monoisotopic (exact) mass is 193 g/mol. The van der Waals surface area contributed by atoms with Crippen LogP contribution in [0.4, 0.5) is 13.2 Å². The van der Waals surface area contributed by atoms with Crippen LogP contribution in [0, 0.1) is 23.2 Å². The van der Waals surface area contributed by atoms with Gasteiger partial charge in [-0.05, 0) is 19.3 Å². The summed E-state index contributed by atoms with van der Waals surface area (Å²) in [7, 11) is 0. The number of aliphatic hydroxyl groups is 1. The molecule has 1 rings (SSSR count). The smallest absolute Gasteiger partial charge is 0.391 e. The minimum atomic E-state index is -4.28. The second-order valence-corrected chi connectivity index (χ2v) is 3.43. The highest BCUT2D eigenvalue weighted by atomic mass is 19.4. The topological polar surface area (TPSA) is 44.0 Å². The molecular formula is C8H10F3NO. The van der Waals surface area contributed by atoms with Crippen LogP contribution in [-0.4, -0.2) is 17.4 Å². The maximum Gasteiger partial charge on any atom is 0.391 e. The highest BCUT2D eigenvalue weighted by molar-refractivity contribution is 4.92. The number of hydrogen-bond donors (Lipinski definition) is 1. The van der Waals surface area contributed by atoms with Crippen molar-refractivity contribution in [2.24, 2.45) is 11.8 Å². The molecule has 0 aromatic rings. The highest BCUT2D eigenvalue weighted by Crippen LogP contribution is 2.39. The fourth-order valence-corrected chi connectivity index (χ4v) is 1.66. The summed E-state index contributed by atoms with van der Waals surface area (Å²) in [5, 5.41) is 17.6. The van der Waals surface area contributed by atoms with Gasteiger partial charge in [0.2, 0.25) is 0 Å². The van der Waals surface area contributed by atoms with Crippen LogP contribution in [0.15, 0.2) is 0 Å². The zero-order valence-electron chi connectivity index (χ0n) is 6.88. The predicted octanol–water partition coefficient (Wildman–Crippen LogP) is 1.85. The average Bonchev–Trinajstić information content (AvgIpc) is 2.01. The van der Waals surface area contributed by atoms with E-state index >= 15 is 0 Å². The molecule has 0 radical (unpaired) electrons. The van der Waals surface area contributed by atoms with Crippen molar-refractivity contribution in [1.82, 2.24) is 0 Å². The standard InChI is InChI=1S/C8H10F3NO/c9-8(10,11)6-1-5(4-12)2-7(13)3-6/h5-7,13H,1-3H2/t5-,6+,7-/m0/s1. The van der Waals surface area contributed by atoms with Crippen molar-refractivity contribution >= 4 is 0 Å². The number of rotatable bonds is 0. The van der Waals surface area contributed by atoms with Gasteiger partial charge >= 0.3 is 6.18 Å². The molecule has 1 saturated carbocycles. The Morgan fingerprint density at radius 2 is 1.85 bits per heavy atom. The van der Waals surface area contributed by atoms with Crippen molar-refractivity contribution < 1.29 is 18.3 Å². The van der Waals surface area contributed by atoms with Crippen molar-refractivity contribution in [3.8, 4) is 6.07 Å². The summed E-state index contributed by atoms with van der Waals surface area (Å²) in [5.74, 6) is -2.17. The molecule has 0 heterocycles. The minimum absolute atomic E-state index is 0.170. The van der Waals surface area contributed by atoms with Gasteiger partial charge < -0.3 is 5.11 Å². The van der Waals surface area contributed by atoms with E-state index in [1.807, 2.05) is 0 Å². The Hall–Kier alpha value is -0.760. The lowest BCUT2D eigenvalue weighted by molar-refractivity contribution is -0.192. The predicted molar refractivity (Wildman–Crippen MR) is 38.5 cm³/mol. The molecule has 1 aliphatic rings. The average molecular weight is 193 g/mol. The van der Waals surface area contributed by atoms with E-state index in [1.165, 1.54) is 0 Å². The molecular weight excluding hydrogens is 183 g/mol. The molecule has 1 fully saturated rings. The van der Waals surface area contributed by atoms with Crippen molar-refractivity contribution in [2.75, 3.05) is 0 Å². The van der Waals surface area contributed by atoms with Gasteiger partial charge in [0.05, 0.1) is 18.1 Å². The number of nitrogens with zero attached hydrogens (tertiary/aromatic N) is 1. The van der Waals surface area contributed by atoms with Crippen LogP contribution >= 0.6 is 0 Å². The molecule has 1 aliphatic carbocycles. The van der Waals surface area contributed by atoms with Crippen LogP contribution in [0.25, 0.3) is 0 Å². The van der Waals surface area contributed by atoms with Crippen molar-refractivity contribution in [2.45, 2.75) is 31.5 Å². The second-order valence-electron chi connectivity index (χ2n) is 3.43. The van der Waals surface area contributed by atoms with E-state index in [4.69, 9.17) is 10.4 Å². The summed E-state index contributed by atoms with van der Waals surface area (Å²) in [6, 6.07) is 1.78. The summed E-state index contributed by atoms with van der Waals surface area (Å²) in [6.07, 6.45) is -5.52. The Bertz CT molecular complexity index is 220. The molecule has 1 N–H and O–H groups in total. The van der Waals surface area contributed by atoms with Gasteiger partial charge in [0.1, 0.15) is 0 Å². The first-order valence-corrected chi connectivity index (χ1v) is 4.08. The van der Waals surface area contributed by atoms with Gasteiger partial charge in [-0.2, -0.15) is 18.4 Å². The maximum absolute atomic E-state index is 12.2. The molecule has 3 atom stereocenters. The lowest BCUT2D eigenvalue weighted by Gasteiger charge is -2.30. The van der Waals surface area contributed by atoms with E-state index in [2.05, 4.69) is 0 Å². The van der Waals surface area contributed by atoms with E-state index in [9.17, 15) is 13.2 Å². The van der Waals surface area contributed by atoms with Crippen LogP contribution in [0.5, 0.6) is 0 Å². The van der Waals surface area contributed by atoms with Gasteiger partial charge in [-0.1, -0.05) is 0 Å². The Labute approximate surface area is 74.0 Å². The first-order chi connectivity index (χ1) is 5.93. The minimum Gasteiger partial charge on any atom is -0.393 e. The normalized spacial score (nSPS) is 35.5. The third kappa shape index (κ3) is 2.59. The largest absolute Gasteiger partial charge is 0.393 e. The van der Waals surface area contributed by atoms with Crippen molar-refractivity contribution in [3.63, 3.8) is 0 Å². The Morgan fingerprint density at radius 1 is 1.23 bits per heavy atom. The molecule has 2 nitrogen and oxygen atoms in total. The van der Waals surface area contributed by atoms with Crippen LogP contribution in [0.3, 0.4) is 0 Å². The molecule has 74 valence electrons. The van der Waals surface area contributed by atoms with Gasteiger partial charge in [-0.25, -0.2) is 0 Å². The Balaban J connectivity index is 2.64. The molecule has 0 aliphatic heterocycles. The van der Waals surface area contributed by atoms with Crippen LogP contribution in [0.1, 0.15) is 19.3 Å². The quantitative estimate of drug-likeness (QED) is 0.638. The number of aliphatic hydroxyl groups excluding tert-OH is 1. The van der Waals surface area contributed by atoms with Crippen LogP contribution < -0.4 is 0 Å². The van der Waals surface area contributed by atoms with Gasteiger partial charge in [-0.3, -0.25) is 0 Å².